The number of aliphatic hydroxyl groups is 5. The maximum absolute atomic E-state index is 13.2. The molecule has 0 fully saturated rings. The first-order valence-electron chi connectivity index (χ1n) is 36.6. The van der Waals surface area contributed by atoms with E-state index in [1.165, 1.54) is 25.7 Å². The molecule has 5 atom stereocenters. The fourth-order valence-corrected chi connectivity index (χ4v) is 14.4. The van der Waals surface area contributed by atoms with Gasteiger partial charge < -0.3 is 81.1 Å². The van der Waals surface area contributed by atoms with E-state index in [1.54, 1.807) is 149 Å². The van der Waals surface area contributed by atoms with Crippen LogP contribution in [-0.2, 0) is 24.5 Å². The second kappa shape index (κ2) is 43.1. The molecular weight excluding hydrogens is 1670 g/mol. The van der Waals surface area contributed by atoms with Gasteiger partial charge in [-0.2, -0.15) is 10.5 Å². The Morgan fingerprint density at radius 1 is 0.496 bits per heavy atom. The Labute approximate surface area is 721 Å². The van der Waals surface area contributed by atoms with E-state index in [0.29, 0.717) is 124 Å². The molecule has 13 N–H and O–H groups in total. The minimum Gasteiger partial charge on any atom is -0.494 e. The second-order valence-corrected chi connectivity index (χ2v) is 30.1. The molecule has 0 saturated heterocycles. The SMILES string of the molecule is CC[C@@H](NC(=O)c1[nH]cc(-c2cc(Cl)ncc2C#N)c1CN(C)C)c1cccc(Cl)c1.COCc1cnc(Cl)cc1-c1c(C)[nH]c(C(=O)N[C@H](CO)c2cccc(Cl)c2)c1C.COc1c(C(=O)N[C@H](CO)c2cccc(Cl)c2)[nH]c(C)c1-c1cc(Cl)ncc1CO.Cc1c(-c2cc(Cl)ncc2C#N)c[nH]c1C(=O)NC(O)C(O)c1ccccc1. The van der Waals surface area contributed by atoms with Gasteiger partial charge in [-0.15, -0.1) is 0 Å². The zero-order valence-electron chi connectivity index (χ0n) is 65.7. The van der Waals surface area contributed by atoms with Crippen molar-refractivity contribution in [1.29, 1.82) is 10.5 Å². The molecule has 26 nitrogen and oxygen atoms in total. The Bertz CT molecular complexity index is 5680. The van der Waals surface area contributed by atoms with Gasteiger partial charge in [0.05, 0.1) is 62.8 Å². The standard InChI is InChI=1S/C23H23Cl2N5O.C22H23Cl2N3O3.C21H21Cl2N3O4.C20H17ClN4O3/c1-4-20(14-6-5-7-16(24)8-14)29-23(31)22-19(13-30(2)3)18(12-28-22)17-9-21(25)27-11-15(17)10-26;1-12-20(17-8-19(24)25-9-15(17)11-30-3)13(2)26-21(12)22(29)27-18(10-28)14-5-4-6-16(23)7-14;1-11-18(15-7-17(23)24-8-13(15)9-27)20(30-2)19(25-11)21(29)26-16(10-28)12-4-3-5-14(22)6-12;1-11-15(14-7-16(21)23-9-13(14)8-22)10-24-17(11)19(27)25-20(28)18(26)12-5-3-2-4-6-12/h5-9,11-12,20,28H,4,13H2,1-3H3,(H,29,31);4-9,18,26,28H,10-11H2,1-3H3,(H,27,29);3-8,16,25,27-28H,9-10H2,1-2H3,(H,26,29);2-7,9-10,18,20,24,26,28H,1H3,(H,25,27)/t20-;18-;16-;/m111./s1. The first kappa shape index (κ1) is 91.9. The van der Waals surface area contributed by atoms with Crippen LogP contribution in [0.4, 0.5) is 0 Å². The number of aliphatic hydroxyl groups excluding tert-OH is 5. The van der Waals surface area contributed by atoms with Gasteiger partial charge in [0.15, 0.2) is 12.0 Å². The quantitative estimate of drug-likeness (QED) is 0.0177. The van der Waals surface area contributed by atoms with Crippen LogP contribution in [0.15, 0.2) is 165 Å². The third kappa shape index (κ3) is 23.1. The van der Waals surface area contributed by atoms with Crippen molar-refractivity contribution in [3.63, 3.8) is 0 Å². The van der Waals surface area contributed by atoms with Crippen LogP contribution >= 0.6 is 81.2 Å². The Balaban J connectivity index is 0.000000181. The van der Waals surface area contributed by atoms with Gasteiger partial charge in [-0.1, -0.05) is 155 Å². The lowest BCUT2D eigenvalue weighted by Crippen LogP contribution is -2.39. The third-order valence-corrected chi connectivity index (χ3v) is 20.5. The van der Waals surface area contributed by atoms with Crippen molar-refractivity contribution in [2.24, 2.45) is 0 Å². The minimum atomic E-state index is -1.49. The van der Waals surface area contributed by atoms with Crippen LogP contribution in [0.5, 0.6) is 5.75 Å². The van der Waals surface area contributed by atoms with E-state index < -0.39 is 36.2 Å². The molecule has 4 amide bonds. The normalized spacial score (nSPS) is 12.2. The number of pyridine rings is 4. The Hall–Kier alpha value is -11.0. The summed E-state index contributed by atoms with van der Waals surface area (Å²) >= 11 is 42.4. The van der Waals surface area contributed by atoms with E-state index in [0.717, 1.165) is 50.2 Å². The van der Waals surface area contributed by atoms with Gasteiger partial charge in [-0.25, -0.2) is 19.9 Å². The molecule has 12 rings (SSSR count). The highest BCUT2D eigenvalue weighted by atomic mass is 35.5. The number of amides is 4. The average molecular weight is 1750 g/mol. The van der Waals surface area contributed by atoms with Gasteiger partial charge in [0, 0.05) is 127 Å². The number of H-pyrrole nitrogens is 4. The summed E-state index contributed by atoms with van der Waals surface area (Å²) in [6.07, 6.45) is 7.21. The molecule has 0 spiro atoms. The predicted octanol–water partition coefficient (Wildman–Crippen LogP) is 16.2. The highest BCUT2D eigenvalue weighted by Gasteiger charge is 2.30. The van der Waals surface area contributed by atoms with Gasteiger partial charge in [-0.05, 0) is 153 Å². The van der Waals surface area contributed by atoms with Crippen molar-refractivity contribution < 1.29 is 54.2 Å². The van der Waals surface area contributed by atoms with Crippen LogP contribution in [0.2, 0.25) is 35.7 Å². The van der Waals surface area contributed by atoms with E-state index >= 15 is 0 Å². The minimum absolute atomic E-state index is 0.183. The maximum Gasteiger partial charge on any atom is 0.272 e. The van der Waals surface area contributed by atoms with Gasteiger partial charge in [0.1, 0.15) is 61.6 Å². The second-order valence-electron chi connectivity index (χ2n) is 27.2. The van der Waals surface area contributed by atoms with E-state index in [9.17, 15) is 55.2 Å². The summed E-state index contributed by atoms with van der Waals surface area (Å²) in [7, 11) is 6.90. The molecule has 0 aliphatic heterocycles. The van der Waals surface area contributed by atoms with Gasteiger partial charge in [0.2, 0.25) is 0 Å². The molecule has 0 radical (unpaired) electrons. The van der Waals surface area contributed by atoms with Crippen LogP contribution in [0.1, 0.15) is 152 Å². The lowest BCUT2D eigenvalue weighted by atomic mass is 9.98. The molecule has 8 aromatic heterocycles. The largest absolute Gasteiger partial charge is 0.494 e. The maximum atomic E-state index is 13.2. The van der Waals surface area contributed by atoms with E-state index in [4.69, 9.17) is 90.7 Å². The number of benzene rings is 4. The summed E-state index contributed by atoms with van der Waals surface area (Å²) in [6.45, 7) is 9.30. The summed E-state index contributed by atoms with van der Waals surface area (Å²) in [5, 5.41) is 82.3. The Morgan fingerprint density at radius 2 is 0.924 bits per heavy atom. The van der Waals surface area contributed by atoms with E-state index in [-0.39, 0.29) is 64.5 Å². The first-order chi connectivity index (χ1) is 57.0. The number of carbonyl (C=O) groups is 4. The Kier molecular flexibility index (Phi) is 33.3. The van der Waals surface area contributed by atoms with Crippen LogP contribution in [0.25, 0.3) is 44.5 Å². The summed E-state index contributed by atoms with van der Waals surface area (Å²) in [6, 6.07) is 39.3. The van der Waals surface area contributed by atoms with Crippen LogP contribution < -0.4 is 26.0 Å². The van der Waals surface area contributed by atoms with Gasteiger partial charge in [0.25, 0.3) is 23.6 Å². The molecule has 33 heteroatoms. The molecule has 2 unspecified atom stereocenters. The number of aryl methyl sites for hydroxylation is 2. The number of nitriles is 2. The fourth-order valence-electron chi connectivity index (χ4n) is 13.2. The molecule has 0 saturated carbocycles. The first-order valence-corrected chi connectivity index (χ1v) is 39.3. The van der Waals surface area contributed by atoms with Crippen molar-refractivity contribution in [1.82, 2.24) is 66.0 Å². The van der Waals surface area contributed by atoms with Crippen molar-refractivity contribution >= 4 is 105 Å². The number of rotatable bonds is 26. The van der Waals surface area contributed by atoms with Crippen molar-refractivity contribution in [2.75, 3.05) is 41.5 Å². The summed E-state index contributed by atoms with van der Waals surface area (Å²) in [5.74, 6) is -1.32. The van der Waals surface area contributed by atoms with Crippen molar-refractivity contribution in [3.8, 4) is 62.4 Å². The smallest absolute Gasteiger partial charge is 0.272 e. The van der Waals surface area contributed by atoms with Crippen molar-refractivity contribution in [3.05, 3.63) is 296 Å². The van der Waals surface area contributed by atoms with Crippen molar-refractivity contribution in [2.45, 2.75) is 91.3 Å². The summed E-state index contributed by atoms with van der Waals surface area (Å²) in [5.41, 5.74) is 15.2. The number of ether oxygens (including phenoxy) is 2. The molecule has 618 valence electrons. The number of halogens is 7. The zero-order valence-corrected chi connectivity index (χ0v) is 71.0. The predicted molar refractivity (Wildman–Crippen MR) is 459 cm³/mol. The number of hydrogen-bond donors (Lipinski definition) is 13. The molecule has 12 aromatic rings. The topological polar surface area (TPSA) is 402 Å². The fraction of sp³-hybridized carbons (Fsp3) is 0.233. The number of nitrogens with zero attached hydrogens (tertiary/aromatic N) is 7. The lowest BCUT2D eigenvalue weighted by molar-refractivity contribution is -0.000976. The summed E-state index contributed by atoms with van der Waals surface area (Å²) < 4.78 is 10.8. The molecule has 0 aliphatic carbocycles. The molecule has 8 heterocycles. The van der Waals surface area contributed by atoms with Gasteiger partial charge in [-0.3, -0.25) is 19.2 Å². The van der Waals surface area contributed by atoms with Crippen LogP contribution in [0.3, 0.4) is 0 Å². The van der Waals surface area contributed by atoms with Gasteiger partial charge >= 0.3 is 0 Å². The molecular formula is C86H84Cl7N15O11. The molecule has 119 heavy (non-hydrogen) atoms. The van der Waals surface area contributed by atoms with Crippen LogP contribution in [0, 0.1) is 50.4 Å². The highest BCUT2D eigenvalue weighted by molar-refractivity contribution is 6.32. The van der Waals surface area contributed by atoms with E-state index in [2.05, 4.69) is 67.2 Å². The number of carbonyl (C=O) groups excluding carboxylic acids is 4. The zero-order chi connectivity index (χ0) is 86.5. The lowest BCUT2D eigenvalue weighted by Gasteiger charge is -2.19. The molecule has 0 bridgehead atoms. The summed E-state index contributed by atoms with van der Waals surface area (Å²) in [4.78, 5) is 82.0. The highest BCUT2D eigenvalue weighted by Crippen LogP contribution is 2.41. The molecule has 0 aliphatic rings. The molecule has 4 aromatic carbocycles. The number of nitrogens with one attached hydrogen (secondary N) is 8. The average Bonchev–Trinajstić information content (AvgIpc) is 1.64. The Morgan fingerprint density at radius 3 is 1.41 bits per heavy atom. The monoisotopic (exact) mass is 1750 g/mol. The number of hydrogen-bond acceptors (Lipinski definition) is 18. The van der Waals surface area contributed by atoms with E-state index in [1.807, 2.05) is 64.0 Å². The third-order valence-electron chi connectivity index (χ3n) is 18.9. The number of aromatic nitrogens is 8. The van der Waals surface area contributed by atoms with Crippen LogP contribution in [-0.4, -0.2) is 142 Å². The number of aromatic amines is 4. The number of methoxy groups -OCH3 is 2.